The lowest BCUT2D eigenvalue weighted by molar-refractivity contribution is -0.123. The lowest BCUT2D eigenvalue weighted by atomic mass is 10.0. The quantitative estimate of drug-likeness (QED) is 0.227. The number of benzene rings is 4. The van der Waals surface area contributed by atoms with Crippen LogP contribution in [0.25, 0.3) is 21.7 Å². The number of nitrogens with one attached hydrogen (secondary N) is 1. The van der Waals surface area contributed by atoms with Crippen LogP contribution in [-0.2, 0) is 11.4 Å². The summed E-state index contributed by atoms with van der Waals surface area (Å²) in [6.07, 6.45) is 3.31. The first kappa shape index (κ1) is 23.1. The van der Waals surface area contributed by atoms with E-state index in [1.807, 2.05) is 72.8 Å². The van der Waals surface area contributed by atoms with Gasteiger partial charge in [0.05, 0.1) is 6.21 Å². The fourth-order valence-electron chi connectivity index (χ4n) is 4.03. The van der Waals surface area contributed by atoms with Gasteiger partial charge in [0.15, 0.2) is 6.61 Å². The van der Waals surface area contributed by atoms with Gasteiger partial charge in [-0.05, 0) is 41.5 Å². The summed E-state index contributed by atoms with van der Waals surface area (Å²) in [5, 5.41) is 7.18. The third-order valence-corrected chi connectivity index (χ3v) is 5.74. The minimum atomic E-state index is -0.373. The SMILES string of the molecule is Cc1cccc(COc2ccc3ccccc3c2/C=N/NC(=O)COc2cccc3cccnc23)c1. The fraction of sp³-hybridized carbons (Fsp3) is 0.100. The lowest BCUT2D eigenvalue weighted by Gasteiger charge is -2.12. The highest BCUT2D eigenvalue weighted by Gasteiger charge is 2.09. The summed E-state index contributed by atoms with van der Waals surface area (Å²) < 4.78 is 11.9. The van der Waals surface area contributed by atoms with Gasteiger partial charge < -0.3 is 9.47 Å². The van der Waals surface area contributed by atoms with Crippen LogP contribution in [0.1, 0.15) is 16.7 Å². The van der Waals surface area contributed by atoms with E-state index in [0.29, 0.717) is 23.6 Å². The van der Waals surface area contributed by atoms with Crippen LogP contribution in [0, 0.1) is 6.92 Å². The molecule has 4 aromatic carbocycles. The molecule has 5 aromatic rings. The highest BCUT2D eigenvalue weighted by atomic mass is 16.5. The summed E-state index contributed by atoms with van der Waals surface area (Å²) >= 11 is 0. The molecule has 0 saturated heterocycles. The molecule has 0 bridgehead atoms. The number of nitrogens with zero attached hydrogens (tertiary/aromatic N) is 2. The number of carbonyl (C=O) groups excluding carboxylic acids is 1. The zero-order chi connectivity index (χ0) is 24.7. The lowest BCUT2D eigenvalue weighted by Crippen LogP contribution is -2.24. The molecule has 5 rings (SSSR count). The van der Waals surface area contributed by atoms with Crippen molar-refractivity contribution < 1.29 is 14.3 Å². The van der Waals surface area contributed by atoms with Gasteiger partial charge in [-0.3, -0.25) is 9.78 Å². The summed E-state index contributed by atoms with van der Waals surface area (Å²) in [6.45, 7) is 2.31. The number of carbonyl (C=O) groups is 1. The van der Waals surface area contributed by atoms with E-state index in [0.717, 1.165) is 27.3 Å². The second-order valence-corrected chi connectivity index (χ2v) is 8.39. The Labute approximate surface area is 209 Å². The molecule has 0 spiro atoms. The molecule has 1 amide bonds. The van der Waals surface area contributed by atoms with Gasteiger partial charge in [0.1, 0.15) is 23.6 Å². The molecule has 0 aliphatic carbocycles. The summed E-state index contributed by atoms with van der Waals surface area (Å²) in [5.74, 6) is 0.862. The maximum absolute atomic E-state index is 12.4. The molecular formula is C30H25N3O3. The molecule has 6 heteroatoms. The molecule has 0 radical (unpaired) electrons. The number of hydrazone groups is 1. The average molecular weight is 476 g/mol. The van der Waals surface area contributed by atoms with Gasteiger partial charge in [0.2, 0.25) is 0 Å². The van der Waals surface area contributed by atoms with Crippen LogP contribution in [0.4, 0.5) is 0 Å². The second-order valence-electron chi connectivity index (χ2n) is 8.39. The van der Waals surface area contributed by atoms with E-state index < -0.39 is 0 Å². The number of aryl methyl sites for hydroxylation is 1. The van der Waals surface area contributed by atoms with E-state index in [1.165, 1.54) is 5.56 Å². The Bertz CT molecular complexity index is 1560. The number of pyridine rings is 1. The van der Waals surface area contributed by atoms with Gasteiger partial charge in [0, 0.05) is 17.1 Å². The monoisotopic (exact) mass is 475 g/mol. The Kier molecular flexibility index (Phi) is 6.85. The van der Waals surface area contributed by atoms with E-state index in [1.54, 1.807) is 18.5 Å². The molecule has 0 aliphatic rings. The molecule has 0 atom stereocenters. The van der Waals surface area contributed by atoms with Crippen molar-refractivity contribution in [1.29, 1.82) is 0 Å². The van der Waals surface area contributed by atoms with E-state index in [-0.39, 0.29) is 12.5 Å². The number of fused-ring (bicyclic) bond motifs is 2. The molecule has 1 heterocycles. The van der Waals surface area contributed by atoms with Gasteiger partial charge >= 0.3 is 0 Å². The second kappa shape index (κ2) is 10.7. The van der Waals surface area contributed by atoms with E-state index in [9.17, 15) is 4.79 Å². The van der Waals surface area contributed by atoms with Crippen LogP contribution in [-0.4, -0.2) is 23.7 Å². The summed E-state index contributed by atoms with van der Waals surface area (Å²) in [6, 6.07) is 29.6. The molecule has 0 aliphatic heterocycles. The first-order valence-electron chi connectivity index (χ1n) is 11.7. The Balaban J connectivity index is 1.29. The van der Waals surface area contributed by atoms with Crippen molar-refractivity contribution in [1.82, 2.24) is 10.4 Å². The highest BCUT2D eigenvalue weighted by Crippen LogP contribution is 2.27. The topological polar surface area (TPSA) is 72.8 Å². The fourth-order valence-corrected chi connectivity index (χ4v) is 4.03. The van der Waals surface area contributed by atoms with Crippen LogP contribution in [0.15, 0.2) is 102 Å². The van der Waals surface area contributed by atoms with Gasteiger partial charge in [-0.2, -0.15) is 5.10 Å². The molecule has 1 aromatic heterocycles. The van der Waals surface area contributed by atoms with Gasteiger partial charge in [0.25, 0.3) is 5.91 Å². The molecule has 1 N–H and O–H groups in total. The van der Waals surface area contributed by atoms with Gasteiger partial charge in [-0.25, -0.2) is 5.43 Å². The van der Waals surface area contributed by atoms with E-state index >= 15 is 0 Å². The Hall–Kier alpha value is -4.71. The largest absolute Gasteiger partial charge is 0.488 e. The van der Waals surface area contributed by atoms with Crippen molar-refractivity contribution in [2.45, 2.75) is 13.5 Å². The van der Waals surface area contributed by atoms with Crippen LogP contribution in [0.5, 0.6) is 11.5 Å². The molecule has 0 unspecified atom stereocenters. The molecule has 36 heavy (non-hydrogen) atoms. The number of aromatic nitrogens is 1. The smallest absolute Gasteiger partial charge is 0.277 e. The van der Waals surface area contributed by atoms with Crippen molar-refractivity contribution in [2.24, 2.45) is 5.10 Å². The normalized spacial score (nSPS) is 11.1. The maximum atomic E-state index is 12.4. The first-order chi connectivity index (χ1) is 17.7. The maximum Gasteiger partial charge on any atom is 0.277 e. The van der Waals surface area contributed by atoms with Gasteiger partial charge in [-0.15, -0.1) is 0 Å². The van der Waals surface area contributed by atoms with E-state index in [2.05, 4.69) is 34.6 Å². The van der Waals surface area contributed by atoms with Crippen molar-refractivity contribution in [3.8, 4) is 11.5 Å². The van der Waals surface area contributed by atoms with Crippen LogP contribution in [0.2, 0.25) is 0 Å². The summed E-state index contributed by atoms with van der Waals surface area (Å²) in [4.78, 5) is 16.8. The molecule has 6 nitrogen and oxygen atoms in total. The average Bonchev–Trinajstić information content (AvgIpc) is 2.91. The summed E-state index contributed by atoms with van der Waals surface area (Å²) in [5.41, 5.74) is 6.32. The Morgan fingerprint density at radius 2 is 1.72 bits per heavy atom. The van der Waals surface area contributed by atoms with Gasteiger partial charge in [-0.1, -0.05) is 78.4 Å². The third kappa shape index (κ3) is 5.33. The van der Waals surface area contributed by atoms with Crippen molar-refractivity contribution in [3.05, 3.63) is 114 Å². The first-order valence-corrected chi connectivity index (χ1v) is 11.7. The number of rotatable bonds is 8. The predicted molar refractivity (Wildman–Crippen MR) is 142 cm³/mol. The van der Waals surface area contributed by atoms with Crippen LogP contribution >= 0.6 is 0 Å². The minimum Gasteiger partial charge on any atom is -0.488 e. The van der Waals surface area contributed by atoms with Crippen LogP contribution in [0.3, 0.4) is 0 Å². The standard InChI is InChI=1S/C30H25N3O3/c1-21-7-4-8-22(17-21)19-35-27-15-14-23-9-2-3-12-25(23)26(27)18-32-33-29(34)20-36-28-13-5-10-24-11-6-16-31-30(24)28/h2-18H,19-20H2,1H3,(H,33,34)/b32-18+. The number of para-hydroxylation sites is 1. The number of ether oxygens (including phenoxy) is 2. The van der Waals surface area contributed by atoms with E-state index in [4.69, 9.17) is 9.47 Å². The minimum absolute atomic E-state index is 0.181. The highest BCUT2D eigenvalue weighted by molar-refractivity contribution is 6.02. The molecule has 0 saturated carbocycles. The number of hydrogen-bond acceptors (Lipinski definition) is 5. The summed E-state index contributed by atoms with van der Waals surface area (Å²) in [7, 11) is 0. The van der Waals surface area contributed by atoms with Crippen molar-refractivity contribution >= 4 is 33.8 Å². The van der Waals surface area contributed by atoms with Crippen molar-refractivity contribution in [2.75, 3.05) is 6.61 Å². The molecular weight excluding hydrogens is 450 g/mol. The molecule has 178 valence electrons. The van der Waals surface area contributed by atoms with Crippen LogP contribution < -0.4 is 14.9 Å². The number of hydrogen-bond donors (Lipinski definition) is 1. The Morgan fingerprint density at radius 1 is 0.889 bits per heavy atom. The third-order valence-electron chi connectivity index (χ3n) is 5.74. The van der Waals surface area contributed by atoms with Crippen molar-refractivity contribution in [3.63, 3.8) is 0 Å². The molecule has 0 fully saturated rings. The zero-order valence-electron chi connectivity index (χ0n) is 19.8. The zero-order valence-corrected chi connectivity index (χ0v) is 19.8. The number of amides is 1. The predicted octanol–water partition coefficient (Wildman–Crippen LogP) is 5.80. The Morgan fingerprint density at radius 3 is 2.64 bits per heavy atom.